The summed E-state index contributed by atoms with van der Waals surface area (Å²) in [5.41, 5.74) is 7.14. The number of carbonyl (C=O) groups excluding carboxylic acids is 2. The van der Waals surface area contributed by atoms with Gasteiger partial charge in [0.25, 0.3) is 17.7 Å². The smallest absolute Gasteiger partial charge is 0.292 e. The molecule has 10 nitrogen and oxygen atoms in total. The number of pyridine rings is 1. The monoisotopic (exact) mass is 417 g/mol. The van der Waals surface area contributed by atoms with E-state index in [2.05, 4.69) is 20.1 Å². The first-order valence-electron chi connectivity index (χ1n) is 9.48. The lowest BCUT2D eigenvalue weighted by molar-refractivity contribution is 0.0871. The van der Waals surface area contributed by atoms with E-state index in [4.69, 9.17) is 10.6 Å². The molecule has 1 aromatic carbocycles. The summed E-state index contributed by atoms with van der Waals surface area (Å²) in [5.74, 6) is -0.926. The van der Waals surface area contributed by atoms with Crippen LogP contribution in [0, 0.1) is 6.92 Å². The van der Waals surface area contributed by atoms with Crippen LogP contribution in [-0.4, -0.2) is 36.5 Å². The van der Waals surface area contributed by atoms with Crippen molar-refractivity contribution in [1.29, 1.82) is 0 Å². The molecule has 2 amide bonds. The molecule has 2 N–H and O–H groups in total. The quantitative estimate of drug-likeness (QED) is 0.477. The Kier molecular flexibility index (Phi) is 5.27. The van der Waals surface area contributed by atoms with E-state index in [0.717, 1.165) is 22.6 Å². The molecule has 0 fully saturated rings. The molecule has 0 spiro atoms. The van der Waals surface area contributed by atoms with Gasteiger partial charge < -0.3 is 10.6 Å². The Morgan fingerprint density at radius 3 is 2.58 bits per heavy atom. The van der Waals surface area contributed by atoms with Crippen LogP contribution in [0.5, 0.6) is 5.88 Å². The number of carbonyl (C=O) groups is 2. The van der Waals surface area contributed by atoms with Crippen molar-refractivity contribution in [3.8, 4) is 5.88 Å². The number of hydroxylamine groups is 1. The van der Waals surface area contributed by atoms with Crippen molar-refractivity contribution >= 4 is 28.5 Å². The second kappa shape index (κ2) is 8.19. The van der Waals surface area contributed by atoms with Gasteiger partial charge in [-0.2, -0.15) is 5.10 Å². The number of hydrogen-bond donors (Lipinski definition) is 1. The summed E-state index contributed by atoms with van der Waals surface area (Å²) < 4.78 is 1.80. The first-order chi connectivity index (χ1) is 14.9. The van der Waals surface area contributed by atoms with Gasteiger partial charge in [-0.05, 0) is 37.6 Å². The van der Waals surface area contributed by atoms with Crippen LogP contribution in [0.15, 0.2) is 55.1 Å². The number of primary amides is 1. The molecule has 0 saturated heterocycles. The van der Waals surface area contributed by atoms with Gasteiger partial charge in [-0.3, -0.25) is 14.3 Å². The van der Waals surface area contributed by atoms with Crippen LogP contribution >= 0.6 is 0 Å². The zero-order valence-corrected chi connectivity index (χ0v) is 16.9. The largest absolute Gasteiger partial charge is 0.364 e. The van der Waals surface area contributed by atoms with Gasteiger partial charge in [0.05, 0.1) is 17.9 Å². The van der Waals surface area contributed by atoms with Crippen molar-refractivity contribution < 1.29 is 14.4 Å². The third-order valence-corrected chi connectivity index (χ3v) is 4.48. The standard InChI is InChI=1S/C21H19N7O3/c1-3-27-12-15-6-5-14(8-16(15)26-27)21(30)28(18-7-4-13(2)9-24-18)31-19-11-23-17(10-25-19)20(22)29/h4-12H,3H2,1-2H3,(H2,22,29). The van der Waals surface area contributed by atoms with Crippen LogP contribution in [0.1, 0.15) is 33.3 Å². The van der Waals surface area contributed by atoms with Crippen LogP contribution in [0.3, 0.4) is 0 Å². The summed E-state index contributed by atoms with van der Waals surface area (Å²) in [6, 6.07) is 8.67. The van der Waals surface area contributed by atoms with E-state index in [9.17, 15) is 9.59 Å². The maximum atomic E-state index is 13.3. The summed E-state index contributed by atoms with van der Waals surface area (Å²) >= 11 is 0. The van der Waals surface area contributed by atoms with Crippen LogP contribution in [0.2, 0.25) is 0 Å². The molecule has 0 atom stereocenters. The van der Waals surface area contributed by atoms with E-state index in [1.54, 1.807) is 35.1 Å². The van der Waals surface area contributed by atoms with E-state index < -0.39 is 11.8 Å². The highest BCUT2D eigenvalue weighted by Gasteiger charge is 2.23. The second-order valence-corrected chi connectivity index (χ2v) is 6.75. The fraction of sp³-hybridized carbons (Fsp3) is 0.143. The molecular weight excluding hydrogens is 398 g/mol. The van der Waals surface area contributed by atoms with Crippen LogP contribution in [0.4, 0.5) is 5.82 Å². The summed E-state index contributed by atoms with van der Waals surface area (Å²) in [5, 5.41) is 6.39. The number of anilines is 1. The fourth-order valence-electron chi connectivity index (χ4n) is 2.84. The predicted molar refractivity (Wildman–Crippen MR) is 112 cm³/mol. The van der Waals surface area contributed by atoms with E-state index in [-0.39, 0.29) is 17.4 Å². The minimum absolute atomic E-state index is 0.00272. The van der Waals surface area contributed by atoms with Crippen molar-refractivity contribution in [2.75, 3.05) is 5.06 Å². The Hall–Kier alpha value is -4.34. The molecule has 0 radical (unpaired) electrons. The van der Waals surface area contributed by atoms with Crippen LogP contribution < -0.4 is 15.6 Å². The average Bonchev–Trinajstić information content (AvgIpc) is 3.20. The number of hydrogen-bond acceptors (Lipinski definition) is 7. The van der Waals surface area contributed by atoms with Gasteiger partial charge in [-0.15, -0.1) is 5.06 Å². The molecule has 3 aromatic heterocycles. The molecule has 31 heavy (non-hydrogen) atoms. The van der Waals surface area contributed by atoms with Crippen molar-refractivity contribution in [3.05, 3.63) is 71.9 Å². The zero-order valence-electron chi connectivity index (χ0n) is 16.9. The summed E-state index contributed by atoms with van der Waals surface area (Å²) in [6.45, 7) is 4.59. The highest BCUT2D eigenvalue weighted by atomic mass is 16.7. The molecule has 0 unspecified atom stereocenters. The van der Waals surface area contributed by atoms with Crippen LogP contribution in [0.25, 0.3) is 10.9 Å². The van der Waals surface area contributed by atoms with Crippen molar-refractivity contribution in [3.63, 3.8) is 0 Å². The third-order valence-electron chi connectivity index (χ3n) is 4.48. The number of nitrogens with zero attached hydrogens (tertiary/aromatic N) is 6. The van der Waals surface area contributed by atoms with E-state index in [0.29, 0.717) is 11.1 Å². The number of aromatic nitrogens is 5. The second-order valence-electron chi connectivity index (χ2n) is 6.75. The first-order valence-corrected chi connectivity index (χ1v) is 9.48. The van der Waals surface area contributed by atoms with E-state index >= 15 is 0 Å². The van der Waals surface area contributed by atoms with Gasteiger partial charge >= 0.3 is 0 Å². The van der Waals surface area contributed by atoms with Gasteiger partial charge in [0.2, 0.25) is 0 Å². The number of rotatable bonds is 6. The lowest BCUT2D eigenvalue weighted by atomic mass is 10.1. The van der Waals surface area contributed by atoms with E-state index in [1.165, 1.54) is 12.4 Å². The Balaban J connectivity index is 1.70. The van der Waals surface area contributed by atoms with Crippen molar-refractivity contribution in [1.82, 2.24) is 24.7 Å². The maximum absolute atomic E-state index is 13.3. The van der Waals surface area contributed by atoms with Gasteiger partial charge in [0.15, 0.2) is 5.82 Å². The minimum Gasteiger partial charge on any atom is -0.364 e. The number of fused-ring (bicyclic) bond motifs is 1. The average molecular weight is 417 g/mol. The number of aryl methyl sites for hydroxylation is 2. The van der Waals surface area contributed by atoms with Crippen LogP contribution in [-0.2, 0) is 6.54 Å². The first kappa shape index (κ1) is 20.0. The molecule has 3 heterocycles. The minimum atomic E-state index is -0.716. The molecular formula is C21H19N7O3. The molecule has 4 aromatic rings. The van der Waals surface area contributed by atoms with Gasteiger partial charge in [0, 0.05) is 29.9 Å². The SMILES string of the molecule is CCn1cc2ccc(C(=O)N(Oc3cnc(C(N)=O)cn3)c3ccc(C)cn3)cc2n1. The fourth-order valence-corrected chi connectivity index (χ4v) is 2.84. The maximum Gasteiger partial charge on any atom is 0.292 e. The Morgan fingerprint density at radius 1 is 1.10 bits per heavy atom. The third kappa shape index (κ3) is 4.17. The Morgan fingerprint density at radius 2 is 1.94 bits per heavy atom. The summed E-state index contributed by atoms with van der Waals surface area (Å²) in [7, 11) is 0. The summed E-state index contributed by atoms with van der Waals surface area (Å²) in [4.78, 5) is 42.4. The highest BCUT2D eigenvalue weighted by Crippen LogP contribution is 2.21. The topological polar surface area (TPSA) is 129 Å². The lowest BCUT2D eigenvalue weighted by Crippen LogP contribution is -2.35. The van der Waals surface area contributed by atoms with Gasteiger partial charge in [0.1, 0.15) is 5.69 Å². The lowest BCUT2D eigenvalue weighted by Gasteiger charge is -2.20. The molecule has 0 bridgehead atoms. The van der Waals surface area contributed by atoms with E-state index in [1.807, 2.05) is 26.1 Å². The molecule has 0 aliphatic carbocycles. The molecule has 4 rings (SSSR count). The number of amides is 2. The summed E-state index contributed by atoms with van der Waals surface area (Å²) in [6.07, 6.45) is 5.91. The Labute approximate surface area is 177 Å². The van der Waals surface area contributed by atoms with Crippen molar-refractivity contribution in [2.24, 2.45) is 5.73 Å². The number of benzene rings is 1. The molecule has 0 saturated carbocycles. The zero-order chi connectivity index (χ0) is 22.0. The van der Waals surface area contributed by atoms with Crippen molar-refractivity contribution in [2.45, 2.75) is 20.4 Å². The molecule has 10 heteroatoms. The molecule has 0 aliphatic rings. The Bertz CT molecular complexity index is 1250. The highest BCUT2D eigenvalue weighted by molar-refractivity contribution is 6.06. The normalized spacial score (nSPS) is 10.8. The number of nitrogens with two attached hydrogens (primary N) is 1. The van der Waals surface area contributed by atoms with Gasteiger partial charge in [-0.1, -0.05) is 12.1 Å². The predicted octanol–water partition coefficient (Wildman–Crippen LogP) is 2.29. The molecule has 156 valence electrons. The molecule has 0 aliphatic heterocycles. The van der Waals surface area contributed by atoms with Gasteiger partial charge in [-0.25, -0.2) is 15.0 Å².